The van der Waals surface area contributed by atoms with Crippen molar-refractivity contribution < 1.29 is 13.2 Å². The number of nitrogens with one attached hydrogen (secondary N) is 2. The average Bonchev–Trinajstić information content (AvgIpc) is 2.84. The van der Waals surface area contributed by atoms with Crippen LogP contribution in [0, 0.1) is 0 Å². The van der Waals surface area contributed by atoms with Crippen molar-refractivity contribution in [1.29, 1.82) is 0 Å². The molecule has 1 aromatic rings. The van der Waals surface area contributed by atoms with Gasteiger partial charge in [-0.25, -0.2) is 8.42 Å². The van der Waals surface area contributed by atoms with Crippen LogP contribution in [-0.4, -0.2) is 44.6 Å². The van der Waals surface area contributed by atoms with Gasteiger partial charge in [-0.3, -0.25) is 0 Å². The highest BCUT2D eigenvalue weighted by Gasteiger charge is 2.26. The van der Waals surface area contributed by atoms with E-state index in [0.717, 1.165) is 25.7 Å². The average molecular weight is 372 g/mol. The molecule has 1 heterocycles. The van der Waals surface area contributed by atoms with E-state index in [1.54, 1.807) is 29.6 Å². The second kappa shape index (κ2) is 8.64. The molecule has 1 aliphatic heterocycles. The summed E-state index contributed by atoms with van der Waals surface area (Å²) in [5.41, 5.74) is 0.541. The van der Waals surface area contributed by atoms with Gasteiger partial charge < -0.3 is 15.4 Å². The number of sulfonamides is 1. The molecule has 0 aliphatic carbocycles. The fraction of sp³-hybridized carbons (Fsp3) is 0.562. The van der Waals surface area contributed by atoms with Crippen molar-refractivity contribution in [2.75, 3.05) is 32.1 Å². The maximum Gasteiger partial charge on any atom is 0.243 e. The topological polar surface area (TPSA) is 70.7 Å². The van der Waals surface area contributed by atoms with Crippen molar-refractivity contribution in [3.05, 3.63) is 18.2 Å². The van der Waals surface area contributed by atoms with Gasteiger partial charge in [-0.1, -0.05) is 12.8 Å². The molecule has 0 amide bonds. The minimum absolute atomic E-state index is 0.256. The van der Waals surface area contributed by atoms with Gasteiger partial charge in [-0.2, -0.15) is 4.31 Å². The second-order valence-corrected chi connectivity index (χ2v) is 8.01. The van der Waals surface area contributed by atoms with Gasteiger partial charge in [0.25, 0.3) is 0 Å². The largest absolute Gasteiger partial charge is 0.495 e. The van der Waals surface area contributed by atoms with Gasteiger partial charge in [0.15, 0.2) is 5.11 Å². The van der Waals surface area contributed by atoms with Crippen LogP contribution >= 0.6 is 12.2 Å². The molecule has 8 heteroatoms. The van der Waals surface area contributed by atoms with Crippen molar-refractivity contribution in [1.82, 2.24) is 9.62 Å². The van der Waals surface area contributed by atoms with Crippen LogP contribution in [0.3, 0.4) is 0 Å². The zero-order valence-corrected chi connectivity index (χ0v) is 15.8. The van der Waals surface area contributed by atoms with Gasteiger partial charge >= 0.3 is 0 Å². The lowest BCUT2D eigenvalue weighted by atomic mass is 10.2. The lowest BCUT2D eigenvalue weighted by Crippen LogP contribution is -2.32. The van der Waals surface area contributed by atoms with Gasteiger partial charge in [0.2, 0.25) is 10.0 Å². The zero-order valence-electron chi connectivity index (χ0n) is 14.2. The molecular formula is C16H25N3O3S2. The number of nitrogens with zero attached hydrogens (tertiary/aromatic N) is 1. The summed E-state index contributed by atoms with van der Waals surface area (Å²) < 4.78 is 32.7. The third-order valence-corrected chi connectivity index (χ3v) is 6.10. The predicted molar refractivity (Wildman–Crippen MR) is 100 cm³/mol. The number of ether oxygens (including phenoxy) is 1. The molecule has 2 N–H and O–H groups in total. The Morgan fingerprint density at radius 1 is 1.25 bits per heavy atom. The van der Waals surface area contributed by atoms with E-state index in [2.05, 4.69) is 10.6 Å². The van der Waals surface area contributed by atoms with E-state index in [-0.39, 0.29) is 4.90 Å². The van der Waals surface area contributed by atoms with Crippen molar-refractivity contribution in [2.45, 2.75) is 37.5 Å². The highest BCUT2D eigenvalue weighted by atomic mass is 32.2. The summed E-state index contributed by atoms with van der Waals surface area (Å²) >= 11 is 5.18. The van der Waals surface area contributed by atoms with E-state index in [0.29, 0.717) is 36.2 Å². The molecule has 0 atom stereocenters. The van der Waals surface area contributed by atoms with Crippen LogP contribution in [0.25, 0.3) is 0 Å². The van der Waals surface area contributed by atoms with E-state index >= 15 is 0 Å². The van der Waals surface area contributed by atoms with Crippen LogP contribution in [0.4, 0.5) is 5.69 Å². The standard InChI is InChI=1S/C16H25N3O3S2/c1-3-17-16(23)18-14-12-13(8-9-15(14)22-2)24(20,21)19-10-6-4-5-7-11-19/h8-9,12H,3-7,10-11H2,1-2H3,(H2,17,18,23). The van der Waals surface area contributed by atoms with Crippen LogP contribution < -0.4 is 15.4 Å². The normalized spacial score (nSPS) is 16.2. The van der Waals surface area contributed by atoms with Gasteiger partial charge in [0, 0.05) is 19.6 Å². The zero-order chi connectivity index (χ0) is 17.6. The maximum absolute atomic E-state index is 12.9. The van der Waals surface area contributed by atoms with Gasteiger partial charge in [0.05, 0.1) is 17.7 Å². The fourth-order valence-electron chi connectivity index (χ4n) is 2.70. The molecule has 0 saturated carbocycles. The van der Waals surface area contributed by atoms with Crippen molar-refractivity contribution >= 4 is 33.0 Å². The van der Waals surface area contributed by atoms with Crippen LogP contribution in [0.5, 0.6) is 5.75 Å². The van der Waals surface area contributed by atoms with Gasteiger partial charge in [0.1, 0.15) is 5.75 Å². The Kier molecular flexibility index (Phi) is 6.82. The number of hydrogen-bond acceptors (Lipinski definition) is 4. The summed E-state index contributed by atoms with van der Waals surface area (Å²) in [6.45, 7) is 3.77. The number of anilines is 1. The first-order valence-electron chi connectivity index (χ1n) is 8.22. The minimum atomic E-state index is -3.51. The Balaban J connectivity index is 2.30. The lowest BCUT2D eigenvalue weighted by molar-refractivity contribution is 0.415. The molecule has 2 rings (SSSR count). The van der Waals surface area contributed by atoms with E-state index in [1.165, 1.54) is 0 Å². The Hall–Kier alpha value is -1.38. The van der Waals surface area contributed by atoms with E-state index < -0.39 is 10.0 Å². The molecule has 1 aromatic carbocycles. The van der Waals surface area contributed by atoms with Crippen LogP contribution in [0.1, 0.15) is 32.6 Å². The Bertz CT molecular complexity index is 669. The first kappa shape index (κ1) is 19.0. The summed E-state index contributed by atoms with van der Waals surface area (Å²) in [5.74, 6) is 0.546. The Labute approximate surface area is 149 Å². The van der Waals surface area contributed by atoms with E-state index in [1.807, 2.05) is 6.92 Å². The molecular weight excluding hydrogens is 346 g/mol. The van der Waals surface area contributed by atoms with Crippen LogP contribution in [0.15, 0.2) is 23.1 Å². The molecule has 0 aromatic heterocycles. The van der Waals surface area contributed by atoms with E-state index in [4.69, 9.17) is 17.0 Å². The third kappa shape index (κ3) is 4.58. The number of methoxy groups -OCH3 is 1. The summed E-state index contributed by atoms with van der Waals surface area (Å²) in [6, 6.07) is 4.82. The smallest absolute Gasteiger partial charge is 0.243 e. The first-order valence-corrected chi connectivity index (χ1v) is 10.1. The summed E-state index contributed by atoms with van der Waals surface area (Å²) in [7, 11) is -1.97. The molecule has 0 unspecified atom stereocenters. The quantitative estimate of drug-likeness (QED) is 0.775. The van der Waals surface area contributed by atoms with Gasteiger partial charge in [-0.15, -0.1) is 0 Å². The summed E-state index contributed by atoms with van der Waals surface area (Å²) in [5, 5.41) is 6.41. The molecule has 0 spiro atoms. The minimum Gasteiger partial charge on any atom is -0.495 e. The molecule has 0 bridgehead atoms. The van der Waals surface area contributed by atoms with Gasteiger partial charge in [-0.05, 0) is 50.2 Å². The van der Waals surface area contributed by atoms with Crippen LogP contribution in [0.2, 0.25) is 0 Å². The predicted octanol–water partition coefficient (Wildman–Crippen LogP) is 2.57. The van der Waals surface area contributed by atoms with Crippen molar-refractivity contribution in [3.8, 4) is 5.75 Å². The maximum atomic E-state index is 12.9. The SMILES string of the molecule is CCNC(=S)Nc1cc(S(=O)(=O)N2CCCCCC2)ccc1OC. The number of thiocarbonyl (C=S) groups is 1. The molecule has 24 heavy (non-hydrogen) atoms. The first-order chi connectivity index (χ1) is 11.5. The summed E-state index contributed by atoms with van der Waals surface area (Å²) in [4.78, 5) is 0.256. The molecule has 0 radical (unpaired) electrons. The highest BCUT2D eigenvalue weighted by molar-refractivity contribution is 7.89. The lowest BCUT2D eigenvalue weighted by Gasteiger charge is -2.21. The second-order valence-electron chi connectivity index (χ2n) is 5.66. The Morgan fingerprint density at radius 3 is 2.50 bits per heavy atom. The molecule has 1 aliphatic rings. The Morgan fingerprint density at radius 2 is 1.92 bits per heavy atom. The number of benzene rings is 1. The van der Waals surface area contributed by atoms with Crippen LogP contribution in [-0.2, 0) is 10.0 Å². The third-order valence-electron chi connectivity index (χ3n) is 3.96. The molecule has 1 fully saturated rings. The van der Waals surface area contributed by atoms with Crippen molar-refractivity contribution in [2.24, 2.45) is 0 Å². The summed E-state index contributed by atoms with van der Waals surface area (Å²) in [6.07, 6.45) is 3.98. The highest BCUT2D eigenvalue weighted by Crippen LogP contribution is 2.29. The van der Waals surface area contributed by atoms with Crippen molar-refractivity contribution in [3.63, 3.8) is 0 Å². The van der Waals surface area contributed by atoms with E-state index in [9.17, 15) is 8.42 Å². The monoisotopic (exact) mass is 371 g/mol. The molecule has 1 saturated heterocycles. The molecule has 134 valence electrons. The number of rotatable bonds is 5. The number of hydrogen-bond donors (Lipinski definition) is 2. The fourth-order valence-corrected chi connectivity index (χ4v) is 4.50. The molecule has 6 nitrogen and oxygen atoms in total.